The molecule has 2 rings (SSSR count). The van der Waals surface area contributed by atoms with Crippen LogP contribution in [0.15, 0.2) is 0 Å². The molecule has 0 N–H and O–H groups in total. The standard InChI is InChI=1S/C14H30N4O4S2/c1-4-15(5-2)23(19,20)16-9-11-17(12-10-16)24(21,22)18-8-6-7-14(3)13-18/h14H,4-13H2,1-3H3. The van der Waals surface area contributed by atoms with Crippen molar-refractivity contribution in [2.45, 2.75) is 33.6 Å². The fraction of sp³-hybridized carbons (Fsp3) is 1.00. The van der Waals surface area contributed by atoms with Crippen LogP contribution in [0.25, 0.3) is 0 Å². The predicted octanol–water partition coefficient (Wildman–Crippen LogP) is 0.167. The topological polar surface area (TPSA) is 81.2 Å². The summed E-state index contributed by atoms with van der Waals surface area (Å²) in [4.78, 5) is 0. The third kappa shape index (κ3) is 4.10. The van der Waals surface area contributed by atoms with Gasteiger partial charge in [0.2, 0.25) is 0 Å². The predicted molar refractivity (Wildman–Crippen MR) is 93.9 cm³/mol. The van der Waals surface area contributed by atoms with Gasteiger partial charge in [-0.15, -0.1) is 0 Å². The summed E-state index contributed by atoms with van der Waals surface area (Å²) in [6.45, 7) is 8.48. The largest absolute Gasteiger partial charge is 0.282 e. The van der Waals surface area contributed by atoms with Crippen LogP contribution in [0, 0.1) is 5.92 Å². The highest BCUT2D eigenvalue weighted by Gasteiger charge is 2.37. The molecule has 0 aromatic carbocycles. The van der Waals surface area contributed by atoms with Crippen LogP contribution >= 0.6 is 0 Å². The molecular formula is C14H30N4O4S2. The van der Waals surface area contributed by atoms with E-state index in [0.29, 0.717) is 32.1 Å². The molecule has 0 amide bonds. The van der Waals surface area contributed by atoms with Crippen LogP contribution in [-0.2, 0) is 20.4 Å². The summed E-state index contributed by atoms with van der Waals surface area (Å²) in [5.41, 5.74) is 0. The first-order valence-corrected chi connectivity index (χ1v) is 11.5. The minimum atomic E-state index is -3.50. The van der Waals surface area contributed by atoms with Gasteiger partial charge < -0.3 is 0 Å². The number of hydrogen-bond acceptors (Lipinski definition) is 4. The van der Waals surface area contributed by atoms with Gasteiger partial charge >= 0.3 is 0 Å². The lowest BCUT2D eigenvalue weighted by Gasteiger charge is -2.39. The number of piperazine rings is 1. The number of hydrogen-bond donors (Lipinski definition) is 0. The molecule has 1 unspecified atom stereocenters. The molecule has 2 saturated heterocycles. The monoisotopic (exact) mass is 382 g/mol. The minimum Gasteiger partial charge on any atom is -0.195 e. The van der Waals surface area contributed by atoms with Crippen molar-refractivity contribution < 1.29 is 16.8 Å². The Labute approximate surface area is 146 Å². The molecule has 0 aliphatic carbocycles. The first-order valence-electron chi connectivity index (χ1n) is 8.73. The second-order valence-corrected chi connectivity index (χ2v) is 10.4. The molecule has 2 heterocycles. The summed E-state index contributed by atoms with van der Waals surface area (Å²) in [5, 5.41) is 0. The van der Waals surface area contributed by atoms with Crippen molar-refractivity contribution in [3.05, 3.63) is 0 Å². The summed E-state index contributed by atoms with van der Waals surface area (Å²) in [6.07, 6.45) is 1.94. The number of rotatable bonds is 6. The maximum Gasteiger partial charge on any atom is 0.282 e. The first kappa shape index (κ1) is 20.1. The fourth-order valence-corrected chi connectivity index (χ4v) is 6.72. The summed E-state index contributed by atoms with van der Waals surface area (Å²) < 4.78 is 56.4. The molecule has 0 spiro atoms. The van der Waals surface area contributed by atoms with Crippen LogP contribution in [0.4, 0.5) is 0 Å². The highest BCUT2D eigenvalue weighted by Crippen LogP contribution is 2.22. The highest BCUT2D eigenvalue weighted by molar-refractivity contribution is 7.87. The Balaban J connectivity index is 2.02. The van der Waals surface area contributed by atoms with Gasteiger partial charge in [-0.1, -0.05) is 20.8 Å². The van der Waals surface area contributed by atoms with Crippen LogP contribution in [0.1, 0.15) is 33.6 Å². The van der Waals surface area contributed by atoms with E-state index in [-0.39, 0.29) is 26.2 Å². The van der Waals surface area contributed by atoms with E-state index in [1.165, 1.54) is 12.9 Å². The minimum absolute atomic E-state index is 0.210. The lowest BCUT2D eigenvalue weighted by atomic mass is 10.0. The molecule has 10 heteroatoms. The summed E-state index contributed by atoms with van der Waals surface area (Å²) in [7, 11) is -6.98. The van der Waals surface area contributed by atoms with Gasteiger partial charge in [-0.25, -0.2) is 0 Å². The highest BCUT2D eigenvalue weighted by atomic mass is 32.2. The van der Waals surface area contributed by atoms with Crippen molar-refractivity contribution in [2.75, 3.05) is 52.4 Å². The van der Waals surface area contributed by atoms with E-state index < -0.39 is 20.4 Å². The van der Waals surface area contributed by atoms with Gasteiger partial charge in [0.15, 0.2) is 0 Å². The maximum atomic E-state index is 12.8. The van der Waals surface area contributed by atoms with Gasteiger partial charge in [-0.2, -0.15) is 34.1 Å². The van der Waals surface area contributed by atoms with E-state index >= 15 is 0 Å². The molecule has 142 valence electrons. The van der Waals surface area contributed by atoms with Crippen LogP contribution in [-0.4, -0.2) is 86.4 Å². The zero-order valence-corrected chi connectivity index (χ0v) is 16.5. The second kappa shape index (κ2) is 7.96. The average molecular weight is 383 g/mol. The zero-order valence-electron chi connectivity index (χ0n) is 14.9. The Hall–Kier alpha value is -0.260. The molecule has 0 aromatic rings. The number of nitrogens with zero attached hydrogens (tertiary/aromatic N) is 4. The molecule has 1 atom stereocenters. The lowest BCUT2D eigenvalue weighted by molar-refractivity contribution is 0.222. The Bertz CT molecular complexity index is 611. The first-order chi connectivity index (χ1) is 11.2. The molecule has 24 heavy (non-hydrogen) atoms. The number of piperidine rings is 1. The average Bonchev–Trinajstić information content (AvgIpc) is 2.56. The molecular weight excluding hydrogens is 352 g/mol. The van der Waals surface area contributed by atoms with E-state index in [1.807, 2.05) is 0 Å². The second-order valence-electron chi connectivity index (χ2n) is 6.50. The molecule has 0 radical (unpaired) electrons. The third-order valence-electron chi connectivity index (χ3n) is 4.83. The van der Waals surface area contributed by atoms with E-state index in [0.717, 1.165) is 12.8 Å². The molecule has 0 saturated carbocycles. The molecule has 0 bridgehead atoms. The van der Waals surface area contributed by atoms with Crippen molar-refractivity contribution in [1.82, 2.24) is 17.2 Å². The maximum absolute atomic E-state index is 12.8. The van der Waals surface area contributed by atoms with Gasteiger partial charge in [0.05, 0.1) is 0 Å². The van der Waals surface area contributed by atoms with Gasteiger partial charge in [-0.3, -0.25) is 0 Å². The van der Waals surface area contributed by atoms with Crippen molar-refractivity contribution in [3.63, 3.8) is 0 Å². The lowest BCUT2D eigenvalue weighted by Crippen LogP contribution is -2.57. The van der Waals surface area contributed by atoms with Crippen molar-refractivity contribution >= 4 is 20.4 Å². The molecule has 2 aliphatic heterocycles. The third-order valence-corrected chi connectivity index (χ3v) is 9.02. The Morgan fingerprint density at radius 1 is 0.875 bits per heavy atom. The van der Waals surface area contributed by atoms with Gasteiger partial charge in [0, 0.05) is 52.4 Å². The van der Waals surface area contributed by atoms with Gasteiger partial charge in [0.1, 0.15) is 0 Å². The van der Waals surface area contributed by atoms with E-state index in [9.17, 15) is 16.8 Å². The van der Waals surface area contributed by atoms with Crippen molar-refractivity contribution in [1.29, 1.82) is 0 Å². The van der Waals surface area contributed by atoms with Crippen molar-refractivity contribution in [2.24, 2.45) is 5.92 Å². The molecule has 8 nitrogen and oxygen atoms in total. The van der Waals surface area contributed by atoms with Gasteiger partial charge in [0.25, 0.3) is 20.4 Å². The molecule has 0 aromatic heterocycles. The van der Waals surface area contributed by atoms with E-state index in [4.69, 9.17) is 0 Å². The molecule has 2 aliphatic rings. The summed E-state index contributed by atoms with van der Waals surface area (Å²) in [6, 6.07) is 0. The summed E-state index contributed by atoms with van der Waals surface area (Å²) in [5.74, 6) is 0.373. The van der Waals surface area contributed by atoms with Crippen LogP contribution in [0.5, 0.6) is 0 Å². The quantitative estimate of drug-likeness (QED) is 0.656. The van der Waals surface area contributed by atoms with E-state index in [1.54, 1.807) is 18.2 Å². The van der Waals surface area contributed by atoms with Gasteiger partial charge in [-0.05, 0) is 18.8 Å². The Kier molecular flexibility index (Phi) is 6.65. The summed E-state index contributed by atoms with van der Waals surface area (Å²) >= 11 is 0. The fourth-order valence-electron chi connectivity index (χ4n) is 3.36. The van der Waals surface area contributed by atoms with Crippen LogP contribution in [0.3, 0.4) is 0 Å². The van der Waals surface area contributed by atoms with Crippen molar-refractivity contribution in [3.8, 4) is 0 Å². The SMILES string of the molecule is CCN(CC)S(=O)(=O)N1CCN(S(=O)(=O)N2CCCC(C)C2)CC1. The Morgan fingerprint density at radius 2 is 1.42 bits per heavy atom. The van der Waals surface area contributed by atoms with Crippen LogP contribution in [0.2, 0.25) is 0 Å². The Morgan fingerprint density at radius 3 is 1.92 bits per heavy atom. The zero-order chi connectivity index (χ0) is 18.0. The normalized spacial score (nSPS) is 26.1. The van der Waals surface area contributed by atoms with E-state index in [2.05, 4.69) is 6.92 Å². The van der Waals surface area contributed by atoms with Crippen LogP contribution < -0.4 is 0 Å². The molecule has 2 fully saturated rings. The smallest absolute Gasteiger partial charge is 0.195 e.